The highest BCUT2D eigenvalue weighted by Gasteiger charge is 2.36. The fourth-order valence-electron chi connectivity index (χ4n) is 6.24. The van der Waals surface area contributed by atoms with E-state index in [-0.39, 0.29) is 24.0 Å². The first-order valence-corrected chi connectivity index (χ1v) is 16.5. The number of piperidine rings is 1. The van der Waals surface area contributed by atoms with Crippen LogP contribution in [-0.2, 0) is 11.2 Å². The molecule has 234 valence electrons. The second-order valence-corrected chi connectivity index (χ2v) is 12.6. The monoisotopic (exact) mass is 655 g/mol. The normalized spacial score (nSPS) is 15.8. The summed E-state index contributed by atoms with van der Waals surface area (Å²) in [6.07, 6.45) is 3.29. The number of likely N-dealkylation sites (tertiary alicyclic amines) is 1. The molecule has 7 nitrogen and oxygen atoms in total. The van der Waals surface area contributed by atoms with Gasteiger partial charge in [0.05, 0.1) is 33.9 Å². The lowest BCUT2D eigenvalue weighted by atomic mass is 9.90. The topological polar surface area (TPSA) is 73.5 Å². The van der Waals surface area contributed by atoms with Crippen LogP contribution in [0.4, 0.5) is 5.95 Å². The van der Waals surface area contributed by atoms with Crippen molar-refractivity contribution in [2.45, 2.75) is 57.7 Å². The number of hydrogen-bond acceptors (Lipinski definition) is 5. The summed E-state index contributed by atoms with van der Waals surface area (Å²) in [6.45, 7) is 7.19. The minimum Gasteiger partial charge on any atom is -0.381 e. The summed E-state index contributed by atoms with van der Waals surface area (Å²) in [5.74, 6) is 0.769. The number of H-pyrrole nitrogens is 1. The second-order valence-electron chi connectivity index (χ2n) is 11.3. The van der Waals surface area contributed by atoms with Crippen molar-refractivity contribution in [2.24, 2.45) is 0 Å². The summed E-state index contributed by atoms with van der Waals surface area (Å²) < 4.78 is 5.57. The largest absolute Gasteiger partial charge is 0.381 e. The van der Waals surface area contributed by atoms with E-state index < -0.39 is 0 Å². The molecule has 0 spiro atoms. The fraction of sp³-hybridized carbons (Fsp3) is 0.412. The van der Waals surface area contributed by atoms with Gasteiger partial charge in [-0.05, 0) is 86.2 Å². The molecular weight excluding hydrogens is 617 g/mol. The van der Waals surface area contributed by atoms with Crippen LogP contribution < -0.4 is 5.32 Å². The van der Waals surface area contributed by atoms with E-state index in [9.17, 15) is 4.79 Å². The molecule has 5 rings (SSSR count). The van der Waals surface area contributed by atoms with E-state index in [1.165, 1.54) is 5.56 Å². The number of hydrogen-bond donors (Lipinski definition) is 2. The lowest BCUT2D eigenvalue weighted by Gasteiger charge is -2.45. The van der Waals surface area contributed by atoms with E-state index in [1.54, 1.807) is 24.3 Å². The molecule has 0 bridgehead atoms. The number of amides is 1. The molecule has 4 aromatic rings. The number of anilines is 1. The Balaban J connectivity index is 1.33. The summed E-state index contributed by atoms with van der Waals surface area (Å²) in [5.41, 5.74) is 4.85. The predicted octanol–water partition coefficient (Wildman–Crippen LogP) is 8.27. The number of aromatic amines is 1. The van der Waals surface area contributed by atoms with Crippen molar-refractivity contribution in [3.05, 3.63) is 92.4 Å². The molecule has 2 atom stereocenters. The number of fused-ring (bicyclic) bond motifs is 1. The Kier molecular flexibility index (Phi) is 11.1. The van der Waals surface area contributed by atoms with Crippen molar-refractivity contribution < 1.29 is 9.53 Å². The Bertz CT molecular complexity index is 1550. The summed E-state index contributed by atoms with van der Waals surface area (Å²) >= 11 is 18.8. The van der Waals surface area contributed by atoms with Crippen molar-refractivity contribution in [1.82, 2.24) is 19.8 Å². The lowest BCUT2D eigenvalue weighted by molar-refractivity contribution is 0.0201. The molecule has 1 saturated heterocycles. The number of nitrogens with zero attached hydrogens (tertiary/aromatic N) is 3. The first kappa shape index (κ1) is 32.6. The molecule has 2 unspecified atom stereocenters. The molecule has 1 aliphatic rings. The Morgan fingerprint density at radius 3 is 2.50 bits per heavy atom. The maximum absolute atomic E-state index is 13.8. The molecule has 0 aliphatic carbocycles. The zero-order chi connectivity index (χ0) is 31.2. The number of nitrogens with one attached hydrogen (secondary N) is 2. The molecule has 1 aromatic heterocycles. The van der Waals surface area contributed by atoms with Crippen LogP contribution in [0.1, 0.15) is 60.5 Å². The van der Waals surface area contributed by atoms with Crippen molar-refractivity contribution in [3.63, 3.8) is 0 Å². The summed E-state index contributed by atoms with van der Waals surface area (Å²) in [4.78, 5) is 26.5. The number of likely N-dealkylation sites (N-methyl/N-ethyl adjacent to an activating group) is 1. The second kappa shape index (κ2) is 15.0. The van der Waals surface area contributed by atoms with Gasteiger partial charge in [0.1, 0.15) is 0 Å². The van der Waals surface area contributed by atoms with Crippen LogP contribution in [0.25, 0.3) is 11.0 Å². The molecule has 2 N–H and O–H groups in total. The van der Waals surface area contributed by atoms with Crippen LogP contribution in [0.2, 0.25) is 15.1 Å². The van der Waals surface area contributed by atoms with Gasteiger partial charge in [0, 0.05) is 49.3 Å². The molecule has 3 aromatic carbocycles. The van der Waals surface area contributed by atoms with Gasteiger partial charge < -0.3 is 19.9 Å². The Morgan fingerprint density at radius 2 is 1.82 bits per heavy atom. The minimum atomic E-state index is -0.180. The predicted molar refractivity (Wildman–Crippen MR) is 181 cm³/mol. The van der Waals surface area contributed by atoms with Crippen molar-refractivity contribution in [2.75, 3.05) is 38.7 Å². The van der Waals surface area contributed by atoms with Gasteiger partial charge in [0.15, 0.2) is 0 Å². The Morgan fingerprint density at radius 1 is 1.07 bits per heavy atom. The van der Waals surface area contributed by atoms with Crippen LogP contribution >= 0.6 is 34.8 Å². The molecule has 44 heavy (non-hydrogen) atoms. The number of imidazole rings is 1. The van der Waals surface area contributed by atoms with Crippen molar-refractivity contribution >= 4 is 57.7 Å². The van der Waals surface area contributed by atoms with Crippen LogP contribution in [0.15, 0.2) is 60.7 Å². The lowest BCUT2D eigenvalue weighted by Crippen LogP contribution is -2.55. The Hall–Kier alpha value is -2.81. The van der Waals surface area contributed by atoms with Gasteiger partial charge >= 0.3 is 0 Å². The van der Waals surface area contributed by atoms with E-state index in [2.05, 4.69) is 40.3 Å². The first-order chi connectivity index (χ1) is 21.3. The van der Waals surface area contributed by atoms with Crippen molar-refractivity contribution in [3.8, 4) is 0 Å². The number of halogens is 3. The number of benzene rings is 3. The molecule has 2 heterocycles. The number of aromatic nitrogens is 2. The third-order valence-corrected chi connectivity index (χ3v) is 9.53. The molecule has 1 fully saturated rings. The van der Waals surface area contributed by atoms with Gasteiger partial charge in [0.25, 0.3) is 5.91 Å². The number of para-hydroxylation sites is 1. The van der Waals surface area contributed by atoms with Crippen LogP contribution in [0.3, 0.4) is 0 Å². The fourth-order valence-corrected chi connectivity index (χ4v) is 6.67. The van der Waals surface area contributed by atoms with Crippen molar-refractivity contribution in [1.29, 1.82) is 0 Å². The molecule has 10 heteroatoms. The van der Waals surface area contributed by atoms with E-state index >= 15 is 0 Å². The van der Waals surface area contributed by atoms with Gasteiger partial charge in [-0.2, -0.15) is 0 Å². The molecule has 1 amide bonds. The number of rotatable bonds is 12. The van der Waals surface area contributed by atoms with E-state index in [0.717, 1.165) is 61.3 Å². The number of carbonyl (C=O) groups excluding carboxylic acids is 1. The smallest absolute Gasteiger partial charge is 0.254 e. The Labute approximate surface area is 274 Å². The number of carbonyl (C=O) groups is 1. The van der Waals surface area contributed by atoms with E-state index in [1.807, 2.05) is 37.1 Å². The van der Waals surface area contributed by atoms with Gasteiger partial charge in [-0.3, -0.25) is 9.69 Å². The number of ether oxygens (including phenoxy) is 1. The zero-order valence-corrected chi connectivity index (χ0v) is 27.7. The summed E-state index contributed by atoms with van der Waals surface area (Å²) in [5, 5.41) is 5.28. The molecule has 0 radical (unpaired) electrons. The molecular formula is C34H40Cl3N5O2. The molecule has 0 saturated carbocycles. The average Bonchev–Trinajstić information content (AvgIpc) is 3.45. The quantitative estimate of drug-likeness (QED) is 0.150. The highest BCUT2D eigenvalue weighted by atomic mass is 35.5. The van der Waals surface area contributed by atoms with Gasteiger partial charge in [0.2, 0.25) is 5.95 Å². The van der Waals surface area contributed by atoms with E-state index in [4.69, 9.17) is 44.5 Å². The van der Waals surface area contributed by atoms with E-state index in [0.29, 0.717) is 33.8 Å². The SMILES string of the molecule is CCOCCc1cccc2[nH]c(NC3CCN(C(C(CC)c4ccc(Cl)c(Cl)c4)N(C)C(=O)c4ccc(Cl)cc4)CC3)nc12. The third-order valence-electron chi connectivity index (χ3n) is 8.54. The van der Waals surface area contributed by atoms with Gasteiger partial charge in [-0.25, -0.2) is 4.98 Å². The highest BCUT2D eigenvalue weighted by molar-refractivity contribution is 6.42. The maximum atomic E-state index is 13.8. The average molecular weight is 657 g/mol. The van der Waals surface area contributed by atoms with Crippen LogP contribution in [0.5, 0.6) is 0 Å². The standard InChI is InChI=1S/C34H40Cl3N5O2/c1-4-27(24-11-14-28(36)29(37)21-24)32(41(3)33(43)23-9-12-25(35)13-10-23)42-18-15-26(16-19-42)38-34-39-30-8-6-7-22(31(30)40-34)17-20-44-5-2/h6-14,21,26-27,32H,4-5,15-20H2,1-3H3,(H2,38,39,40). The summed E-state index contributed by atoms with van der Waals surface area (Å²) in [7, 11) is 1.89. The highest BCUT2D eigenvalue weighted by Crippen LogP contribution is 2.35. The third kappa shape index (κ3) is 7.52. The zero-order valence-electron chi connectivity index (χ0n) is 25.5. The summed E-state index contributed by atoms with van der Waals surface area (Å²) in [6, 6.07) is 19.4. The van der Waals surface area contributed by atoms with Gasteiger partial charge in [-0.1, -0.05) is 59.9 Å². The molecule has 1 aliphatic heterocycles. The van der Waals surface area contributed by atoms with Gasteiger partial charge in [-0.15, -0.1) is 0 Å². The maximum Gasteiger partial charge on any atom is 0.254 e. The minimum absolute atomic E-state index is 0.0287. The van der Waals surface area contributed by atoms with Crippen LogP contribution in [0, 0.1) is 0 Å². The van der Waals surface area contributed by atoms with Crippen LogP contribution in [-0.4, -0.2) is 71.2 Å². The first-order valence-electron chi connectivity index (χ1n) is 15.3.